The molecule has 1 heterocycles. The lowest BCUT2D eigenvalue weighted by Gasteiger charge is -2.06. The van der Waals surface area contributed by atoms with Gasteiger partial charge in [0.05, 0.1) is 19.0 Å². The summed E-state index contributed by atoms with van der Waals surface area (Å²) in [6, 6.07) is 7.84. The minimum atomic E-state index is 0.648. The zero-order valence-electron chi connectivity index (χ0n) is 10.2. The van der Waals surface area contributed by atoms with Crippen LogP contribution in [-0.4, -0.2) is 23.4 Å². The average Bonchev–Trinajstić information content (AvgIpc) is 2.72. The molecular formula is C13H17N3O. The van der Waals surface area contributed by atoms with Crippen molar-refractivity contribution in [3.8, 4) is 11.4 Å². The van der Waals surface area contributed by atoms with Gasteiger partial charge in [-0.25, -0.2) is 4.68 Å². The number of hydrogen-bond donors (Lipinski definition) is 1. The molecule has 0 bridgehead atoms. The number of nitrogens with zero attached hydrogens (tertiary/aromatic N) is 2. The van der Waals surface area contributed by atoms with Crippen LogP contribution >= 0.6 is 0 Å². The molecule has 90 valence electrons. The normalized spacial score (nSPS) is 10.5. The van der Waals surface area contributed by atoms with E-state index in [1.807, 2.05) is 35.1 Å². The van der Waals surface area contributed by atoms with Crippen molar-refractivity contribution in [3.63, 3.8) is 0 Å². The first-order valence-electron chi connectivity index (χ1n) is 5.64. The summed E-state index contributed by atoms with van der Waals surface area (Å²) < 4.78 is 7.05. The molecule has 0 radical (unpaired) electrons. The van der Waals surface area contributed by atoms with Crippen LogP contribution in [0.3, 0.4) is 0 Å². The number of methoxy groups -OCH3 is 1. The summed E-state index contributed by atoms with van der Waals surface area (Å²) in [5.41, 5.74) is 8.93. The minimum Gasteiger partial charge on any atom is -0.497 e. The van der Waals surface area contributed by atoms with Crippen LogP contribution in [0.2, 0.25) is 0 Å². The van der Waals surface area contributed by atoms with Crippen molar-refractivity contribution in [3.05, 3.63) is 41.7 Å². The Morgan fingerprint density at radius 3 is 2.59 bits per heavy atom. The van der Waals surface area contributed by atoms with E-state index in [2.05, 4.69) is 12.0 Å². The van der Waals surface area contributed by atoms with Crippen LogP contribution in [0.15, 0.2) is 30.5 Å². The maximum Gasteiger partial charge on any atom is 0.119 e. The lowest BCUT2D eigenvalue weighted by Crippen LogP contribution is -2.04. The number of ether oxygens (including phenoxy) is 1. The molecule has 0 amide bonds. The van der Waals surface area contributed by atoms with E-state index in [1.165, 1.54) is 5.56 Å². The van der Waals surface area contributed by atoms with Crippen LogP contribution < -0.4 is 10.5 Å². The predicted molar refractivity (Wildman–Crippen MR) is 67.6 cm³/mol. The molecule has 0 aliphatic rings. The van der Waals surface area contributed by atoms with Crippen molar-refractivity contribution >= 4 is 0 Å². The standard InChI is InChI=1S/C13H17N3O/c1-10-11(7-8-14)9-15-16(10)12-3-5-13(17-2)6-4-12/h3-6,9H,7-8,14H2,1-2H3. The van der Waals surface area contributed by atoms with E-state index in [-0.39, 0.29) is 0 Å². The van der Waals surface area contributed by atoms with Crippen molar-refractivity contribution in [1.82, 2.24) is 9.78 Å². The summed E-state index contributed by atoms with van der Waals surface area (Å²) in [5, 5.41) is 4.38. The molecule has 2 rings (SSSR count). The van der Waals surface area contributed by atoms with Crippen molar-refractivity contribution < 1.29 is 4.74 Å². The zero-order valence-corrected chi connectivity index (χ0v) is 10.2. The number of benzene rings is 1. The Morgan fingerprint density at radius 1 is 1.29 bits per heavy atom. The van der Waals surface area contributed by atoms with Crippen molar-refractivity contribution in [2.24, 2.45) is 5.73 Å². The van der Waals surface area contributed by atoms with Crippen LogP contribution in [-0.2, 0) is 6.42 Å². The molecule has 0 atom stereocenters. The molecular weight excluding hydrogens is 214 g/mol. The molecule has 0 unspecified atom stereocenters. The van der Waals surface area contributed by atoms with Gasteiger partial charge in [0, 0.05) is 5.69 Å². The molecule has 17 heavy (non-hydrogen) atoms. The second-order valence-electron chi connectivity index (χ2n) is 3.90. The van der Waals surface area contributed by atoms with Gasteiger partial charge >= 0.3 is 0 Å². The molecule has 1 aromatic heterocycles. The van der Waals surface area contributed by atoms with Crippen LogP contribution in [0.1, 0.15) is 11.3 Å². The minimum absolute atomic E-state index is 0.648. The Labute approximate surface area is 101 Å². The van der Waals surface area contributed by atoms with E-state index in [9.17, 15) is 0 Å². The lowest BCUT2D eigenvalue weighted by molar-refractivity contribution is 0.414. The highest BCUT2D eigenvalue weighted by Gasteiger charge is 2.07. The van der Waals surface area contributed by atoms with Crippen molar-refractivity contribution in [2.45, 2.75) is 13.3 Å². The summed E-state index contributed by atoms with van der Waals surface area (Å²) >= 11 is 0. The monoisotopic (exact) mass is 231 g/mol. The Morgan fingerprint density at radius 2 is 2.00 bits per heavy atom. The van der Waals surface area contributed by atoms with E-state index in [0.29, 0.717) is 6.54 Å². The molecule has 0 spiro atoms. The molecule has 0 saturated heterocycles. The van der Waals surface area contributed by atoms with Gasteiger partial charge in [0.2, 0.25) is 0 Å². The van der Waals surface area contributed by atoms with E-state index in [0.717, 1.165) is 23.6 Å². The molecule has 2 aromatic rings. The van der Waals surface area contributed by atoms with Gasteiger partial charge in [-0.1, -0.05) is 0 Å². The molecule has 0 aliphatic carbocycles. The van der Waals surface area contributed by atoms with Gasteiger partial charge in [-0.05, 0) is 49.7 Å². The molecule has 0 aliphatic heterocycles. The summed E-state index contributed by atoms with van der Waals surface area (Å²) in [6.45, 7) is 2.71. The van der Waals surface area contributed by atoms with Gasteiger partial charge in [0.25, 0.3) is 0 Å². The van der Waals surface area contributed by atoms with Gasteiger partial charge in [-0.3, -0.25) is 0 Å². The highest BCUT2D eigenvalue weighted by molar-refractivity contribution is 5.39. The van der Waals surface area contributed by atoms with Crippen LogP contribution in [0.25, 0.3) is 5.69 Å². The highest BCUT2D eigenvalue weighted by atomic mass is 16.5. The fourth-order valence-electron chi connectivity index (χ4n) is 1.83. The van der Waals surface area contributed by atoms with Gasteiger partial charge < -0.3 is 10.5 Å². The first-order chi connectivity index (χ1) is 8.26. The lowest BCUT2D eigenvalue weighted by atomic mass is 10.2. The third kappa shape index (κ3) is 2.31. The zero-order chi connectivity index (χ0) is 12.3. The predicted octanol–water partition coefficient (Wildman–Crippen LogP) is 1.69. The Bertz CT molecular complexity index is 488. The van der Waals surface area contributed by atoms with Gasteiger partial charge in [0.15, 0.2) is 0 Å². The van der Waals surface area contributed by atoms with Gasteiger partial charge in [0.1, 0.15) is 5.75 Å². The van der Waals surface area contributed by atoms with Crippen LogP contribution in [0, 0.1) is 6.92 Å². The third-order valence-corrected chi connectivity index (χ3v) is 2.84. The summed E-state index contributed by atoms with van der Waals surface area (Å²) in [6.07, 6.45) is 2.74. The number of nitrogens with two attached hydrogens (primary N) is 1. The molecule has 2 N–H and O–H groups in total. The summed E-state index contributed by atoms with van der Waals surface area (Å²) in [5.74, 6) is 0.848. The quantitative estimate of drug-likeness (QED) is 0.871. The second-order valence-corrected chi connectivity index (χ2v) is 3.90. The van der Waals surface area contributed by atoms with Crippen molar-refractivity contribution in [1.29, 1.82) is 0 Å². The van der Waals surface area contributed by atoms with Crippen LogP contribution in [0.4, 0.5) is 0 Å². The van der Waals surface area contributed by atoms with Crippen molar-refractivity contribution in [2.75, 3.05) is 13.7 Å². The smallest absolute Gasteiger partial charge is 0.119 e. The number of hydrogen-bond acceptors (Lipinski definition) is 3. The SMILES string of the molecule is COc1ccc(-n2ncc(CCN)c2C)cc1. The van der Waals surface area contributed by atoms with E-state index >= 15 is 0 Å². The van der Waals surface area contributed by atoms with Gasteiger partial charge in [-0.15, -0.1) is 0 Å². The summed E-state index contributed by atoms with van der Waals surface area (Å²) in [7, 11) is 1.66. The summed E-state index contributed by atoms with van der Waals surface area (Å²) in [4.78, 5) is 0. The molecule has 0 saturated carbocycles. The highest BCUT2D eigenvalue weighted by Crippen LogP contribution is 2.17. The molecule has 0 fully saturated rings. The molecule has 4 heteroatoms. The number of aromatic nitrogens is 2. The number of rotatable bonds is 4. The second kappa shape index (κ2) is 5.01. The average molecular weight is 231 g/mol. The first-order valence-corrected chi connectivity index (χ1v) is 5.64. The third-order valence-electron chi connectivity index (χ3n) is 2.84. The fraction of sp³-hybridized carbons (Fsp3) is 0.308. The Kier molecular flexibility index (Phi) is 3.44. The molecule has 4 nitrogen and oxygen atoms in total. The van der Waals surface area contributed by atoms with Gasteiger partial charge in [-0.2, -0.15) is 5.10 Å². The van der Waals surface area contributed by atoms with E-state index in [1.54, 1.807) is 7.11 Å². The van der Waals surface area contributed by atoms with E-state index in [4.69, 9.17) is 10.5 Å². The fourth-order valence-corrected chi connectivity index (χ4v) is 1.83. The first kappa shape index (κ1) is 11.7. The largest absolute Gasteiger partial charge is 0.497 e. The molecule has 1 aromatic carbocycles. The maximum absolute atomic E-state index is 5.56. The van der Waals surface area contributed by atoms with Crippen LogP contribution in [0.5, 0.6) is 5.75 Å². The topological polar surface area (TPSA) is 53.1 Å². The maximum atomic E-state index is 5.56. The Hall–Kier alpha value is -1.81. The Balaban J connectivity index is 2.32. The van der Waals surface area contributed by atoms with E-state index < -0.39 is 0 Å².